The van der Waals surface area contributed by atoms with Gasteiger partial charge in [0.05, 0.1) is 34.0 Å². The summed E-state index contributed by atoms with van der Waals surface area (Å²) in [6.45, 7) is 6.44. The average Bonchev–Trinajstić information content (AvgIpc) is 3.08. The summed E-state index contributed by atoms with van der Waals surface area (Å²) in [5.74, 6) is 2.23. The van der Waals surface area contributed by atoms with Crippen molar-refractivity contribution in [2.45, 2.75) is 70.9 Å². The van der Waals surface area contributed by atoms with Crippen molar-refractivity contribution >= 4 is 23.2 Å². The molecule has 2 aliphatic rings. The SMILES string of the molecule is CCCNC(=O)CCCCOc1ccc2c(c1)CCCN2C1CC(C)N(C(=O)c2cc(OC)c(OC)c(OC)c2)c2ccccc21. The van der Waals surface area contributed by atoms with Crippen LogP contribution in [0.4, 0.5) is 11.4 Å². The second-order valence-electron chi connectivity index (χ2n) is 12.0. The molecule has 0 fully saturated rings. The van der Waals surface area contributed by atoms with Gasteiger partial charge in [0.1, 0.15) is 5.75 Å². The van der Waals surface area contributed by atoms with Crippen LogP contribution < -0.4 is 34.1 Å². The molecular formula is C37H47N3O6. The fourth-order valence-corrected chi connectivity index (χ4v) is 6.68. The number of methoxy groups -OCH3 is 3. The molecule has 0 bridgehead atoms. The highest BCUT2D eigenvalue weighted by Crippen LogP contribution is 2.46. The van der Waals surface area contributed by atoms with Crippen molar-refractivity contribution in [2.24, 2.45) is 0 Å². The van der Waals surface area contributed by atoms with E-state index in [1.165, 1.54) is 11.3 Å². The monoisotopic (exact) mass is 629 g/mol. The minimum atomic E-state index is -0.111. The zero-order valence-electron chi connectivity index (χ0n) is 27.8. The van der Waals surface area contributed by atoms with Crippen molar-refractivity contribution in [2.75, 3.05) is 50.8 Å². The molecule has 1 N–H and O–H groups in total. The summed E-state index contributed by atoms with van der Waals surface area (Å²) in [5, 5.41) is 2.93. The maximum atomic E-state index is 14.2. The summed E-state index contributed by atoms with van der Waals surface area (Å²) in [5.41, 5.74) is 5.04. The second kappa shape index (κ2) is 15.3. The van der Waals surface area contributed by atoms with E-state index in [2.05, 4.69) is 54.4 Å². The van der Waals surface area contributed by atoms with Gasteiger partial charge in [0.25, 0.3) is 5.91 Å². The van der Waals surface area contributed by atoms with Crippen molar-refractivity contribution in [1.29, 1.82) is 0 Å². The van der Waals surface area contributed by atoms with Crippen LogP contribution in [0.5, 0.6) is 23.0 Å². The molecule has 0 aromatic heterocycles. The van der Waals surface area contributed by atoms with E-state index in [1.54, 1.807) is 33.5 Å². The van der Waals surface area contributed by atoms with Crippen LogP contribution >= 0.6 is 0 Å². The lowest BCUT2D eigenvalue weighted by atomic mass is 9.87. The lowest BCUT2D eigenvalue weighted by Crippen LogP contribution is -2.47. The smallest absolute Gasteiger partial charge is 0.258 e. The highest BCUT2D eigenvalue weighted by atomic mass is 16.5. The molecule has 0 saturated carbocycles. The number of benzene rings is 3. The van der Waals surface area contributed by atoms with E-state index >= 15 is 0 Å². The van der Waals surface area contributed by atoms with Crippen LogP contribution in [0.25, 0.3) is 0 Å². The number of nitrogens with zero attached hydrogens (tertiary/aromatic N) is 2. The first-order valence-corrected chi connectivity index (χ1v) is 16.4. The summed E-state index contributed by atoms with van der Waals surface area (Å²) in [6.07, 6.45) is 5.97. The average molecular weight is 630 g/mol. The van der Waals surface area contributed by atoms with Gasteiger partial charge < -0.3 is 34.1 Å². The topological polar surface area (TPSA) is 89.6 Å². The molecule has 46 heavy (non-hydrogen) atoms. The Kier molecular flexibility index (Phi) is 10.9. The molecule has 2 amide bonds. The third-order valence-corrected chi connectivity index (χ3v) is 8.91. The molecule has 0 saturated heterocycles. The van der Waals surface area contributed by atoms with Crippen LogP contribution in [0.2, 0.25) is 0 Å². The number of ether oxygens (including phenoxy) is 4. The molecule has 9 nitrogen and oxygen atoms in total. The summed E-state index contributed by atoms with van der Waals surface area (Å²) < 4.78 is 22.7. The van der Waals surface area contributed by atoms with E-state index in [9.17, 15) is 9.59 Å². The molecule has 3 aromatic rings. The number of anilines is 2. The number of nitrogens with one attached hydrogen (secondary N) is 1. The summed E-state index contributed by atoms with van der Waals surface area (Å²) >= 11 is 0. The van der Waals surface area contributed by atoms with Gasteiger partial charge in [-0.25, -0.2) is 0 Å². The fourth-order valence-electron chi connectivity index (χ4n) is 6.68. The molecule has 9 heteroatoms. The molecule has 0 spiro atoms. The molecule has 5 rings (SSSR count). The molecule has 2 heterocycles. The Bertz CT molecular complexity index is 1500. The summed E-state index contributed by atoms with van der Waals surface area (Å²) in [7, 11) is 4.66. The van der Waals surface area contributed by atoms with Gasteiger partial charge in [0.15, 0.2) is 11.5 Å². The number of carbonyl (C=O) groups is 2. The molecule has 3 aromatic carbocycles. The zero-order chi connectivity index (χ0) is 32.6. The first-order chi connectivity index (χ1) is 22.4. The summed E-state index contributed by atoms with van der Waals surface area (Å²) in [4.78, 5) is 30.4. The van der Waals surface area contributed by atoms with E-state index in [-0.39, 0.29) is 23.9 Å². The van der Waals surface area contributed by atoms with E-state index in [0.717, 1.165) is 68.6 Å². The Hall–Kier alpha value is -4.40. The van der Waals surface area contributed by atoms with E-state index in [4.69, 9.17) is 18.9 Å². The number of aryl methyl sites for hydroxylation is 1. The van der Waals surface area contributed by atoms with E-state index in [1.807, 2.05) is 17.0 Å². The van der Waals surface area contributed by atoms with Crippen LogP contribution in [-0.2, 0) is 11.2 Å². The van der Waals surface area contributed by atoms with Gasteiger partial charge in [-0.2, -0.15) is 0 Å². The zero-order valence-corrected chi connectivity index (χ0v) is 27.8. The summed E-state index contributed by atoms with van der Waals surface area (Å²) in [6, 6.07) is 18.2. The van der Waals surface area contributed by atoms with Crippen molar-refractivity contribution in [3.8, 4) is 23.0 Å². The fraction of sp³-hybridized carbons (Fsp3) is 0.459. The maximum absolute atomic E-state index is 14.2. The molecule has 2 aliphatic heterocycles. The number of unbranched alkanes of at least 4 members (excludes halogenated alkanes) is 1. The van der Waals surface area contributed by atoms with E-state index < -0.39 is 0 Å². The number of carbonyl (C=O) groups excluding carboxylic acids is 2. The Labute approximate surface area is 272 Å². The Balaban J connectivity index is 1.33. The lowest BCUT2D eigenvalue weighted by Gasteiger charge is -2.46. The predicted molar refractivity (Wildman–Crippen MR) is 181 cm³/mol. The molecule has 0 radical (unpaired) electrons. The highest BCUT2D eigenvalue weighted by molar-refractivity contribution is 6.08. The van der Waals surface area contributed by atoms with Crippen molar-refractivity contribution < 1.29 is 28.5 Å². The number of amides is 2. The van der Waals surface area contributed by atoms with Crippen LogP contribution in [0, 0.1) is 0 Å². The van der Waals surface area contributed by atoms with Gasteiger partial charge in [0.2, 0.25) is 11.7 Å². The maximum Gasteiger partial charge on any atom is 0.258 e. The van der Waals surface area contributed by atoms with E-state index in [0.29, 0.717) is 35.8 Å². The third-order valence-electron chi connectivity index (χ3n) is 8.91. The van der Waals surface area contributed by atoms with Gasteiger partial charge in [-0.3, -0.25) is 9.59 Å². The van der Waals surface area contributed by atoms with Crippen molar-refractivity contribution in [3.05, 3.63) is 71.3 Å². The minimum Gasteiger partial charge on any atom is -0.494 e. The minimum absolute atomic E-state index is 0.0523. The van der Waals surface area contributed by atoms with Gasteiger partial charge in [-0.1, -0.05) is 25.1 Å². The van der Waals surface area contributed by atoms with Gasteiger partial charge in [0, 0.05) is 42.5 Å². The van der Waals surface area contributed by atoms with Crippen LogP contribution in [-0.4, -0.2) is 58.9 Å². The van der Waals surface area contributed by atoms with Gasteiger partial charge in [-0.15, -0.1) is 0 Å². The molecule has 2 atom stereocenters. The van der Waals surface area contributed by atoms with Crippen LogP contribution in [0.15, 0.2) is 54.6 Å². The normalized spacial score (nSPS) is 17.1. The molecular weight excluding hydrogens is 582 g/mol. The highest BCUT2D eigenvalue weighted by Gasteiger charge is 2.38. The lowest BCUT2D eigenvalue weighted by molar-refractivity contribution is -0.121. The third kappa shape index (κ3) is 7.03. The molecule has 246 valence electrons. The van der Waals surface area contributed by atoms with Gasteiger partial charge in [-0.05, 0) is 93.0 Å². The number of rotatable bonds is 13. The first-order valence-electron chi connectivity index (χ1n) is 16.4. The predicted octanol–water partition coefficient (Wildman–Crippen LogP) is 6.72. The van der Waals surface area contributed by atoms with Crippen LogP contribution in [0.1, 0.15) is 79.9 Å². The molecule has 0 aliphatic carbocycles. The first kappa shape index (κ1) is 33.0. The second-order valence-corrected chi connectivity index (χ2v) is 12.0. The number of fused-ring (bicyclic) bond motifs is 2. The van der Waals surface area contributed by atoms with Gasteiger partial charge >= 0.3 is 0 Å². The Morgan fingerprint density at radius 1 is 0.935 bits per heavy atom. The Morgan fingerprint density at radius 3 is 2.41 bits per heavy atom. The standard InChI is InChI=1S/C37H47N3O6/c1-6-18-38-35(41)15-9-10-20-46-28-16-17-30-26(22-28)12-11-19-39(30)32-21-25(2)40(31-14-8-7-13-29(31)32)37(42)27-23-33(43-3)36(45-5)34(24-27)44-4/h7-8,13-14,16-17,22-25,32H,6,9-12,15,18-21H2,1-5H3,(H,38,41). The largest absolute Gasteiger partial charge is 0.494 e. The molecule has 2 unspecified atom stereocenters. The number of hydrogen-bond donors (Lipinski definition) is 1. The van der Waals surface area contributed by atoms with Crippen LogP contribution in [0.3, 0.4) is 0 Å². The number of para-hydroxylation sites is 1. The van der Waals surface area contributed by atoms with Crippen molar-refractivity contribution in [3.63, 3.8) is 0 Å². The number of hydrogen-bond acceptors (Lipinski definition) is 7. The van der Waals surface area contributed by atoms with Crippen molar-refractivity contribution in [1.82, 2.24) is 5.32 Å². The quantitative estimate of drug-likeness (QED) is 0.210. The Morgan fingerprint density at radius 2 is 1.70 bits per heavy atom.